The molecule has 2 rings (SSSR count). The lowest BCUT2D eigenvalue weighted by Gasteiger charge is -2.22. The Hall–Kier alpha value is -0.940. The third-order valence-corrected chi connectivity index (χ3v) is 2.92. The topological polar surface area (TPSA) is 71.2 Å². The molecule has 0 amide bonds. The average Bonchev–Trinajstić information content (AvgIpc) is 2.84. The Kier molecular flexibility index (Phi) is 3.33. The summed E-state index contributed by atoms with van der Waals surface area (Å²) in [5, 5.41) is 17.0. The lowest BCUT2D eigenvalue weighted by atomic mass is 10.0. The second kappa shape index (κ2) is 4.72. The summed E-state index contributed by atoms with van der Waals surface area (Å²) < 4.78 is 4.63. The van der Waals surface area contributed by atoms with Crippen LogP contribution in [0.2, 0.25) is 0 Å². The Morgan fingerprint density at radius 2 is 2.27 bits per heavy atom. The first kappa shape index (κ1) is 10.6. The van der Waals surface area contributed by atoms with E-state index in [0.29, 0.717) is 12.4 Å². The largest absolute Gasteiger partial charge is 0.389 e. The van der Waals surface area contributed by atoms with Crippen LogP contribution >= 0.6 is 0 Å². The Bertz CT molecular complexity index is 281. The smallest absolute Gasteiger partial charge is 0.213 e. The van der Waals surface area contributed by atoms with Crippen LogP contribution in [0.1, 0.15) is 31.5 Å². The van der Waals surface area contributed by atoms with Crippen LogP contribution in [0.3, 0.4) is 0 Å². The van der Waals surface area contributed by atoms with E-state index in [9.17, 15) is 5.11 Å². The molecule has 15 heavy (non-hydrogen) atoms. The van der Waals surface area contributed by atoms with E-state index in [1.165, 1.54) is 6.39 Å². The van der Waals surface area contributed by atoms with E-state index < -0.39 is 5.60 Å². The summed E-state index contributed by atoms with van der Waals surface area (Å²) >= 11 is 0. The highest BCUT2D eigenvalue weighted by molar-refractivity contribution is 4.87. The molecule has 1 aromatic heterocycles. The number of hydrogen-bond acceptors (Lipinski definition) is 5. The molecule has 1 heterocycles. The summed E-state index contributed by atoms with van der Waals surface area (Å²) in [5.74, 6) is 0.709. The highest BCUT2D eigenvalue weighted by atomic mass is 16.5. The minimum Gasteiger partial charge on any atom is -0.389 e. The van der Waals surface area contributed by atoms with E-state index in [1.807, 2.05) is 0 Å². The van der Waals surface area contributed by atoms with E-state index in [0.717, 1.165) is 38.6 Å². The number of aliphatic hydroxyl groups is 1. The predicted octanol–water partition coefficient (Wildman–Crippen LogP) is 0.507. The monoisotopic (exact) mass is 211 g/mol. The first-order chi connectivity index (χ1) is 7.29. The molecule has 0 bridgehead atoms. The van der Waals surface area contributed by atoms with Gasteiger partial charge in [0.05, 0.1) is 5.60 Å². The highest BCUT2D eigenvalue weighted by Crippen LogP contribution is 2.28. The molecule has 0 unspecified atom stereocenters. The van der Waals surface area contributed by atoms with Crippen molar-refractivity contribution in [2.75, 3.05) is 13.1 Å². The molecule has 1 aromatic rings. The molecule has 5 heteroatoms. The summed E-state index contributed by atoms with van der Waals surface area (Å²) in [5.41, 5.74) is -0.475. The third-order valence-electron chi connectivity index (χ3n) is 2.92. The quantitative estimate of drug-likeness (QED) is 0.694. The SMILES string of the molecule is OC1(CNCCc2ncon2)CCCC1. The summed E-state index contributed by atoms with van der Waals surface area (Å²) in [7, 11) is 0. The second-order valence-electron chi connectivity index (χ2n) is 4.21. The summed E-state index contributed by atoms with van der Waals surface area (Å²) in [6, 6.07) is 0. The fourth-order valence-corrected chi connectivity index (χ4v) is 2.03. The van der Waals surface area contributed by atoms with Gasteiger partial charge in [-0.2, -0.15) is 4.98 Å². The average molecular weight is 211 g/mol. The molecule has 0 spiro atoms. The first-order valence-corrected chi connectivity index (χ1v) is 5.47. The fourth-order valence-electron chi connectivity index (χ4n) is 2.03. The summed E-state index contributed by atoms with van der Waals surface area (Å²) in [4.78, 5) is 3.92. The zero-order chi connectivity index (χ0) is 10.6. The first-order valence-electron chi connectivity index (χ1n) is 5.47. The van der Waals surface area contributed by atoms with Gasteiger partial charge in [-0.15, -0.1) is 0 Å². The molecular weight excluding hydrogens is 194 g/mol. The normalized spacial score (nSPS) is 19.5. The van der Waals surface area contributed by atoms with Crippen LogP contribution in [0.15, 0.2) is 10.9 Å². The molecule has 1 aliphatic carbocycles. The van der Waals surface area contributed by atoms with Crippen molar-refractivity contribution < 1.29 is 9.63 Å². The Morgan fingerprint density at radius 3 is 2.93 bits per heavy atom. The summed E-state index contributed by atoms with van der Waals surface area (Å²) in [6.45, 7) is 1.45. The third kappa shape index (κ3) is 3.00. The molecule has 1 aliphatic rings. The number of rotatable bonds is 5. The molecule has 1 fully saturated rings. The van der Waals surface area contributed by atoms with Crippen LogP contribution in [-0.2, 0) is 6.42 Å². The minimum absolute atomic E-state index is 0.475. The lowest BCUT2D eigenvalue weighted by Crippen LogP contribution is -2.38. The summed E-state index contributed by atoms with van der Waals surface area (Å²) in [6.07, 6.45) is 6.20. The van der Waals surface area contributed by atoms with Crippen LogP contribution in [0, 0.1) is 0 Å². The lowest BCUT2D eigenvalue weighted by molar-refractivity contribution is 0.0480. The van der Waals surface area contributed by atoms with Gasteiger partial charge >= 0.3 is 0 Å². The maximum atomic E-state index is 10.0. The molecule has 84 valence electrons. The van der Waals surface area contributed by atoms with Crippen molar-refractivity contribution >= 4 is 0 Å². The zero-order valence-electron chi connectivity index (χ0n) is 8.78. The highest BCUT2D eigenvalue weighted by Gasteiger charge is 2.30. The van der Waals surface area contributed by atoms with Crippen molar-refractivity contribution in [3.8, 4) is 0 Å². The van der Waals surface area contributed by atoms with Crippen molar-refractivity contribution in [1.82, 2.24) is 15.5 Å². The van der Waals surface area contributed by atoms with Crippen LogP contribution in [0.25, 0.3) is 0 Å². The number of hydrogen-bond donors (Lipinski definition) is 2. The van der Waals surface area contributed by atoms with Gasteiger partial charge in [-0.25, -0.2) is 0 Å². The minimum atomic E-state index is -0.475. The van der Waals surface area contributed by atoms with Gasteiger partial charge in [0.15, 0.2) is 5.82 Å². The van der Waals surface area contributed by atoms with Crippen LogP contribution in [0.5, 0.6) is 0 Å². The molecule has 0 saturated heterocycles. The standard InChI is InChI=1S/C10H17N3O2/c14-10(4-1-2-5-10)7-11-6-3-9-12-8-15-13-9/h8,11,14H,1-7H2. The zero-order valence-corrected chi connectivity index (χ0v) is 8.78. The van der Waals surface area contributed by atoms with E-state index in [2.05, 4.69) is 20.0 Å². The Labute approximate surface area is 88.9 Å². The van der Waals surface area contributed by atoms with Crippen LogP contribution in [0.4, 0.5) is 0 Å². The van der Waals surface area contributed by atoms with Crippen LogP contribution in [-0.4, -0.2) is 33.9 Å². The molecule has 2 N–H and O–H groups in total. The van der Waals surface area contributed by atoms with Crippen molar-refractivity contribution in [2.45, 2.75) is 37.7 Å². The van der Waals surface area contributed by atoms with E-state index in [1.54, 1.807) is 0 Å². The molecule has 5 nitrogen and oxygen atoms in total. The molecule has 0 aromatic carbocycles. The predicted molar refractivity (Wildman–Crippen MR) is 54.3 cm³/mol. The maximum Gasteiger partial charge on any atom is 0.213 e. The number of nitrogens with zero attached hydrogens (tertiary/aromatic N) is 2. The van der Waals surface area contributed by atoms with Crippen molar-refractivity contribution in [3.05, 3.63) is 12.2 Å². The van der Waals surface area contributed by atoms with E-state index >= 15 is 0 Å². The van der Waals surface area contributed by atoms with Gasteiger partial charge in [-0.05, 0) is 12.8 Å². The molecule has 0 atom stereocenters. The molecule has 0 radical (unpaired) electrons. The second-order valence-corrected chi connectivity index (χ2v) is 4.21. The van der Waals surface area contributed by atoms with Gasteiger partial charge in [-0.3, -0.25) is 0 Å². The molecule has 1 saturated carbocycles. The van der Waals surface area contributed by atoms with Gasteiger partial charge in [-0.1, -0.05) is 18.0 Å². The van der Waals surface area contributed by atoms with Gasteiger partial charge < -0.3 is 14.9 Å². The number of nitrogens with one attached hydrogen (secondary N) is 1. The van der Waals surface area contributed by atoms with E-state index in [-0.39, 0.29) is 0 Å². The van der Waals surface area contributed by atoms with Crippen LogP contribution < -0.4 is 5.32 Å². The van der Waals surface area contributed by atoms with Gasteiger partial charge in [0, 0.05) is 19.5 Å². The van der Waals surface area contributed by atoms with E-state index in [4.69, 9.17) is 0 Å². The van der Waals surface area contributed by atoms with Crippen molar-refractivity contribution in [2.24, 2.45) is 0 Å². The maximum absolute atomic E-state index is 10.0. The molecular formula is C10H17N3O2. The van der Waals surface area contributed by atoms with Gasteiger partial charge in [0.1, 0.15) is 0 Å². The van der Waals surface area contributed by atoms with Crippen molar-refractivity contribution in [1.29, 1.82) is 0 Å². The van der Waals surface area contributed by atoms with Gasteiger partial charge in [0.2, 0.25) is 6.39 Å². The Morgan fingerprint density at radius 1 is 1.47 bits per heavy atom. The molecule has 0 aliphatic heterocycles. The fraction of sp³-hybridized carbons (Fsp3) is 0.800. The van der Waals surface area contributed by atoms with Gasteiger partial charge in [0.25, 0.3) is 0 Å². The number of aromatic nitrogens is 2. The van der Waals surface area contributed by atoms with Crippen molar-refractivity contribution in [3.63, 3.8) is 0 Å². The Balaban J connectivity index is 1.62.